The zero-order valence-electron chi connectivity index (χ0n) is 15.3. The van der Waals surface area contributed by atoms with Gasteiger partial charge >= 0.3 is 12.4 Å². The Kier molecular flexibility index (Phi) is 5.03. The van der Waals surface area contributed by atoms with Gasteiger partial charge in [-0.3, -0.25) is 0 Å². The molecular formula is C18H28F6O. The van der Waals surface area contributed by atoms with Crippen LogP contribution < -0.4 is 0 Å². The first kappa shape index (κ1) is 20.8. The maximum atomic E-state index is 13.1. The minimum Gasteiger partial charge on any atom is -0.374 e. The first-order chi connectivity index (χ1) is 11.0. The summed E-state index contributed by atoms with van der Waals surface area (Å²) in [7, 11) is 0. The highest BCUT2D eigenvalue weighted by atomic mass is 19.4. The Hall–Kier alpha value is -0.460. The standard InChI is InChI=1S/C18H28F6O/c1-9(2)13-10-6-11(12(7-10)14(13)15(3,4)5)8-16(25,17(19,20)21)18(22,23)24/h9-14,25H,6-8H2,1-5H3. The quantitative estimate of drug-likeness (QED) is 0.617. The molecule has 5 atom stereocenters. The summed E-state index contributed by atoms with van der Waals surface area (Å²) in [4.78, 5) is 0. The summed E-state index contributed by atoms with van der Waals surface area (Å²) in [6.07, 6.45) is -11.7. The van der Waals surface area contributed by atoms with E-state index in [1.165, 1.54) is 0 Å². The van der Waals surface area contributed by atoms with Crippen molar-refractivity contribution >= 4 is 0 Å². The van der Waals surface area contributed by atoms with E-state index in [1.807, 2.05) is 20.8 Å². The molecular weight excluding hydrogens is 346 g/mol. The van der Waals surface area contributed by atoms with E-state index in [1.54, 1.807) is 0 Å². The molecule has 0 aliphatic heterocycles. The fraction of sp³-hybridized carbons (Fsp3) is 1.00. The summed E-state index contributed by atoms with van der Waals surface area (Å²) in [6.45, 7) is 10.2. The molecule has 1 nitrogen and oxygen atoms in total. The van der Waals surface area contributed by atoms with Crippen LogP contribution in [0, 0.1) is 40.9 Å². The lowest BCUT2D eigenvalue weighted by Crippen LogP contribution is -2.58. The van der Waals surface area contributed by atoms with E-state index in [9.17, 15) is 31.4 Å². The maximum absolute atomic E-state index is 13.1. The number of fused-ring (bicyclic) bond motifs is 2. The Morgan fingerprint density at radius 3 is 1.76 bits per heavy atom. The Labute approximate surface area is 145 Å². The molecule has 2 bridgehead atoms. The van der Waals surface area contributed by atoms with Gasteiger partial charge in [-0.2, -0.15) is 26.3 Å². The second-order valence-electron chi connectivity index (χ2n) is 9.43. The van der Waals surface area contributed by atoms with Crippen LogP contribution in [0.2, 0.25) is 0 Å². The average molecular weight is 374 g/mol. The summed E-state index contributed by atoms with van der Waals surface area (Å²) in [5.41, 5.74) is -4.81. The van der Waals surface area contributed by atoms with E-state index < -0.39 is 30.3 Å². The normalized spacial score (nSPS) is 34.2. The van der Waals surface area contributed by atoms with E-state index in [4.69, 9.17) is 0 Å². The third kappa shape index (κ3) is 3.42. The van der Waals surface area contributed by atoms with Gasteiger partial charge < -0.3 is 5.11 Å². The maximum Gasteiger partial charge on any atom is 0.426 e. The van der Waals surface area contributed by atoms with Crippen LogP contribution in [0.5, 0.6) is 0 Å². The molecule has 0 aromatic rings. The predicted molar refractivity (Wildman–Crippen MR) is 82.7 cm³/mol. The van der Waals surface area contributed by atoms with Gasteiger partial charge in [0.05, 0.1) is 0 Å². The summed E-state index contributed by atoms with van der Waals surface area (Å²) in [5, 5.41) is 9.59. The number of alkyl halides is 6. The SMILES string of the molecule is CC(C)C1C2CC(CC(O)(C(F)(F)F)C(F)(F)F)C(C2)C1C(C)(C)C. The highest BCUT2D eigenvalue weighted by Crippen LogP contribution is 2.64. The topological polar surface area (TPSA) is 20.2 Å². The highest BCUT2D eigenvalue weighted by molar-refractivity contribution is 5.07. The summed E-state index contributed by atoms with van der Waals surface area (Å²) < 4.78 is 78.4. The summed E-state index contributed by atoms with van der Waals surface area (Å²) >= 11 is 0. The minimum atomic E-state index is -5.72. The number of aliphatic hydroxyl groups is 1. The molecule has 2 fully saturated rings. The molecule has 0 aromatic carbocycles. The lowest BCUT2D eigenvalue weighted by atomic mass is 9.59. The predicted octanol–water partition coefficient (Wildman–Crippen LogP) is 5.82. The van der Waals surface area contributed by atoms with E-state index >= 15 is 0 Å². The second kappa shape index (κ2) is 6.03. The number of hydrogen-bond acceptors (Lipinski definition) is 1. The minimum absolute atomic E-state index is 0.0713. The Balaban J connectivity index is 2.32. The van der Waals surface area contributed by atoms with Crippen molar-refractivity contribution in [3.8, 4) is 0 Å². The lowest BCUT2D eigenvalue weighted by Gasteiger charge is -2.46. The van der Waals surface area contributed by atoms with Crippen molar-refractivity contribution in [2.45, 2.75) is 71.8 Å². The van der Waals surface area contributed by atoms with Gasteiger partial charge in [0.2, 0.25) is 0 Å². The fourth-order valence-corrected chi connectivity index (χ4v) is 5.72. The number of rotatable bonds is 3. The van der Waals surface area contributed by atoms with Crippen LogP contribution in [0.25, 0.3) is 0 Å². The second-order valence-corrected chi connectivity index (χ2v) is 9.43. The molecule has 0 amide bonds. The van der Waals surface area contributed by atoms with Crippen LogP contribution in [-0.4, -0.2) is 23.1 Å². The summed E-state index contributed by atoms with van der Waals surface area (Å²) in [5.74, 6) is -0.0894. The van der Waals surface area contributed by atoms with E-state index in [0.717, 1.165) is 0 Å². The molecule has 7 heteroatoms. The van der Waals surface area contributed by atoms with Crippen molar-refractivity contribution in [1.29, 1.82) is 0 Å². The van der Waals surface area contributed by atoms with Gasteiger partial charge in [0.1, 0.15) is 0 Å². The smallest absolute Gasteiger partial charge is 0.374 e. The van der Waals surface area contributed by atoms with Crippen molar-refractivity contribution in [3.05, 3.63) is 0 Å². The zero-order chi connectivity index (χ0) is 19.6. The van der Waals surface area contributed by atoms with Crippen molar-refractivity contribution < 1.29 is 31.4 Å². The first-order valence-corrected chi connectivity index (χ1v) is 8.86. The Morgan fingerprint density at radius 2 is 1.40 bits per heavy atom. The van der Waals surface area contributed by atoms with Crippen molar-refractivity contribution in [1.82, 2.24) is 0 Å². The monoisotopic (exact) mass is 374 g/mol. The summed E-state index contributed by atoms with van der Waals surface area (Å²) in [6, 6.07) is 0. The first-order valence-electron chi connectivity index (χ1n) is 8.86. The molecule has 2 aliphatic rings. The Morgan fingerprint density at radius 1 is 0.920 bits per heavy atom. The molecule has 0 aromatic heterocycles. The van der Waals surface area contributed by atoms with Crippen molar-refractivity contribution in [2.75, 3.05) is 0 Å². The van der Waals surface area contributed by atoms with E-state index in [0.29, 0.717) is 24.7 Å². The van der Waals surface area contributed by atoms with Crippen LogP contribution in [0.15, 0.2) is 0 Å². The van der Waals surface area contributed by atoms with Crippen LogP contribution in [0.1, 0.15) is 53.9 Å². The molecule has 0 heterocycles. The van der Waals surface area contributed by atoms with E-state index in [-0.39, 0.29) is 23.2 Å². The van der Waals surface area contributed by atoms with Crippen LogP contribution in [0.4, 0.5) is 26.3 Å². The molecule has 25 heavy (non-hydrogen) atoms. The molecule has 5 unspecified atom stereocenters. The molecule has 2 saturated carbocycles. The Bertz CT molecular complexity index is 473. The number of hydrogen-bond donors (Lipinski definition) is 1. The highest BCUT2D eigenvalue weighted by Gasteiger charge is 2.72. The van der Waals surface area contributed by atoms with Crippen LogP contribution in [-0.2, 0) is 0 Å². The third-order valence-corrected chi connectivity index (χ3v) is 6.47. The number of halogens is 6. The fourth-order valence-electron chi connectivity index (χ4n) is 5.72. The molecule has 1 N–H and O–H groups in total. The van der Waals surface area contributed by atoms with Crippen LogP contribution in [0.3, 0.4) is 0 Å². The van der Waals surface area contributed by atoms with Crippen molar-refractivity contribution in [2.24, 2.45) is 40.9 Å². The van der Waals surface area contributed by atoms with Gasteiger partial charge in [0, 0.05) is 0 Å². The average Bonchev–Trinajstić information content (AvgIpc) is 2.91. The molecule has 148 valence electrons. The van der Waals surface area contributed by atoms with Gasteiger partial charge in [-0.15, -0.1) is 0 Å². The van der Waals surface area contributed by atoms with Gasteiger partial charge in [-0.1, -0.05) is 34.6 Å². The van der Waals surface area contributed by atoms with Gasteiger partial charge in [-0.25, -0.2) is 0 Å². The van der Waals surface area contributed by atoms with Gasteiger partial charge in [-0.05, 0) is 60.2 Å². The molecule has 0 spiro atoms. The lowest BCUT2D eigenvalue weighted by molar-refractivity contribution is -0.373. The van der Waals surface area contributed by atoms with E-state index in [2.05, 4.69) is 13.8 Å². The third-order valence-electron chi connectivity index (χ3n) is 6.47. The largest absolute Gasteiger partial charge is 0.426 e. The van der Waals surface area contributed by atoms with Crippen molar-refractivity contribution in [3.63, 3.8) is 0 Å². The molecule has 2 rings (SSSR count). The molecule has 0 radical (unpaired) electrons. The van der Waals surface area contributed by atoms with Gasteiger partial charge in [0.25, 0.3) is 5.60 Å². The zero-order valence-corrected chi connectivity index (χ0v) is 15.3. The van der Waals surface area contributed by atoms with Gasteiger partial charge in [0.15, 0.2) is 0 Å². The molecule has 2 aliphatic carbocycles. The molecule has 0 saturated heterocycles. The van der Waals surface area contributed by atoms with Crippen LogP contribution >= 0.6 is 0 Å².